The zero-order valence-electron chi connectivity index (χ0n) is 15.0. The number of fused-ring (bicyclic) bond motifs is 1. The second-order valence-corrected chi connectivity index (χ2v) is 6.92. The summed E-state index contributed by atoms with van der Waals surface area (Å²) in [5.74, 6) is 1.38. The third kappa shape index (κ3) is 4.89. The van der Waals surface area contributed by atoms with Crippen molar-refractivity contribution in [3.05, 3.63) is 63.0 Å². The van der Waals surface area contributed by atoms with Gasteiger partial charge >= 0.3 is 0 Å². The fourth-order valence-electron chi connectivity index (χ4n) is 2.52. The monoisotopic (exact) mass is 399 g/mol. The van der Waals surface area contributed by atoms with E-state index in [4.69, 9.17) is 9.47 Å². The number of thioether (sulfide) groups is 1. The van der Waals surface area contributed by atoms with Crippen molar-refractivity contribution in [1.82, 2.24) is 5.32 Å². The number of carbonyl (C=O) groups is 1. The minimum absolute atomic E-state index is 0.137. The quantitative estimate of drug-likeness (QED) is 0.269. The number of hydrogen-bond donors (Lipinski definition) is 1. The zero-order valence-corrected chi connectivity index (χ0v) is 15.8. The summed E-state index contributed by atoms with van der Waals surface area (Å²) in [6.45, 7) is 2.88. The number of ether oxygens (including phenoxy) is 2. The Balaban J connectivity index is 1.83. The van der Waals surface area contributed by atoms with Crippen molar-refractivity contribution in [1.29, 1.82) is 0 Å². The number of nitro groups is 1. The van der Waals surface area contributed by atoms with E-state index >= 15 is 0 Å². The number of carbonyl (C=O) groups excluding carboxylic acids is 1. The van der Waals surface area contributed by atoms with Crippen LogP contribution in [-0.4, -0.2) is 29.7 Å². The lowest BCUT2D eigenvalue weighted by Gasteiger charge is -2.18. The number of rotatable bonds is 5. The van der Waals surface area contributed by atoms with E-state index in [1.54, 1.807) is 12.1 Å². The molecule has 2 aromatic rings. The van der Waals surface area contributed by atoms with E-state index in [2.05, 4.69) is 10.3 Å². The number of nitrogens with one attached hydrogen (secondary N) is 1. The molecule has 1 aliphatic heterocycles. The molecule has 0 aliphatic carbocycles. The van der Waals surface area contributed by atoms with Gasteiger partial charge in [-0.1, -0.05) is 30.0 Å². The van der Waals surface area contributed by atoms with Crippen LogP contribution in [0.2, 0.25) is 0 Å². The number of benzene rings is 2. The van der Waals surface area contributed by atoms with Gasteiger partial charge in [0.15, 0.2) is 16.7 Å². The largest absolute Gasteiger partial charge is 0.486 e. The molecular weight excluding hydrogens is 382 g/mol. The van der Waals surface area contributed by atoms with Crippen molar-refractivity contribution >= 4 is 40.8 Å². The lowest BCUT2D eigenvalue weighted by atomic mass is 10.2. The molecule has 1 aliphatic rings. The molecule has 0 saturated heterocycles. The van der Waals surface area contributed by atoms with Crippen molar-refractivity contribution in [2.24, 2.45) is 4.99 Å². The van der Waals surface area contributed by atoms with E-state index < -0.39 is 4.92 Å². The molecule has 0 spiro atoms. The normalized spacial score (nSPS) is 13.8. The molecule has 1 N–H and O–H groups in total. The second kappa shape index (κ2) is 9.05. The van der Waals surface area contributed by atoms with Crippen molar-refractivity contribution < 1.29 is 19.2 Å². The smallest absolute Gasteiger partial charge is 0.294 e. The summed E-state index contributed by atoms with van der Waals surface area (Å²) in [5, 5.41) is 13.9. The van der Waals surface area contributed by atoms with Crippen LogP contribution in [0.4, 0.5) is 11.4 Å². The van der Waals surface area contributed by atoms with Crippen LogP contribution in [-0.2, 0) is 4.79 Å². The Morgan fingerprint density at radius 3 is 2.71 bits per heavy atom. The molecule has 0 aromatic heterocycles. The van der Waals surface area contributed by atoms with Gasteiger partial charge in [0.2, 0.25) is 6.41 Å². The van der Waals surface area contributed by atoms with Gasteiger partial charge in [-0.05, 0) is 41.7 Å². The maximum absolute atomic E-state index is 11.1. The van der Waals surface area contributed by atoms with Gasteiger partial charge < -0.3 is 14.8 Å². The first-order valence-electron chi connectivity index (χ1n) is 8.35. The van der Waals surface area contributed by atoms with Gasteiger partial charge in [-0.15, -0.1) is 0 Å². The summed E-state index contributed by atoms with van der Waals surface area (Å²) in [5.41, 5.74) is 0.920. The fourth-order valence-corrected chi connectivity index (χ4v) is 3.27. The minimum atomic E-state index is -0.514. The topological polar surface area (TPSA) is 103 Å². The predicted molar refractivity (Wildman–Crippen MR) is 108 cm³/mol. The number of amides is 1. The van der Waals surface area contributed by atoms with Gasteiger partial charge in [0.1, 0.15) is 18.9 Å². The molecule has 1 heterocycles. The summed E-state index contributed by atoms with van der Waals surface area (Å²) in [6, 6.07) is 11.7. The highest BCUT2D eigenvalue weighted by atomic mass is 32.2. The number of aliphatic imine (C=N–C) groups is 1. The Kier molecular flexibility index (Phi) is 6.28. The van der Waals surface area contributed by atoms with Crippen molar-refractivity contribution in [2.45, 2.75) is 6.92 Å². The van der Waals surface area contributed by atoms with Gasteiger partial charge in [-0.3, -0.25) is 14.9 Å². The molecule has 9 heteroatoms. The highest BCUT2D eigenvalue weighted by molar-refractivity contribution is 8.17. The highest BCUT2D eigenvalue weighted by Gasteiger charge is 2.14. The number of para-hydroxylation sites is 2. The SMILES string of the molecule is C/C(=C/c1ccc2c(c1)OCCO2)SC(=Nc1ccccc1[N+](=O)[O-])NC=O. The van der Waals surface area contributed by atoms with E-state index in [-0.39, 0.29) is 16.5 Å². The van der Waals surface area contributed by atoms with Crippen molar-refractivity contribution in [2.75, 3.05) is 13.2 Å². The predicted octanol–water partition coefficient (Wildman–Crippen LogP) is 3.89. The Morgan fingerprint density at radius 1 is 1.21 bits per heavy atom. The first-order chi connectivity index (χ1) is 13.6. The summed E-state index contributed by atoms with van der Waals surface area (Å²) >= 11 is 1.19. The fraction of sp³-hybridized carbons (Fsp3) is 0.158. The lowest BCUT2D eigenvalue weighted by molar-refractivity contribution is -0.384. The van der Waals surface area contributed by atoms with Crippen LogP contribution in [0.5, 0.6) is 11.5 Å². The summed E-state index contributed by atoms with van der Waals surface area (Å²) in [7, 11) is 0. The highest BCUT2D eigenvalue weighted by Crippen LogP contribution is 2.33. The van der Waals surface area contributed by atoms with Crippen LogP contribution in [0.25, 0.3) is 6.08 Å². The Morgan fingerprint density at radius 2 is 1.96 bits per heavy atom. The number of amidine groups is 1. The van der Waals surface area contributed by atoms with Crippen LogP contribution in [0.15, 0.2) is 52.4 Å². The third-order valence-corrected chi connectivity index (χ3v) is 4.52. The van der Waals surface area contributed by atoms with Crippen LogP contribution in [0.1, 0.15) is 12.5 Å². The van der Waals surface area contributed by atoms with E-state index in [1.807, 2.05) is 31.2 Å². The van der Waals surface area contributed by atoms with Crippen molar-refractivity contribution in [3.8, 4) is 11.5 Å². The van der Waals surface area contributed by atoms with Gasteiger partial charge in [-0.25, -0.2) is 4.99 Å². The van der Waals surface area contributed by atoms with E-state index in [1.165, 1.54) is 23.9 Å². The summed E-state index contributed by atoms with van der Waals surface area (Å²) < 4.78 is 11.1. The molecule has 0 atom stereocenters. The number of nitro benzene ring substituents is 1. The molecule has 2 aromatic carbocycles. The summed E-state index contributed by atoms with van der Waals surface area (Å²) in [6.07, 6.45) is 2.38. The van der Waals surface area contributed by atoms with Gasteiger partial charge in [0.25, 0.3) is 5.69 Å². The zero-order chi connectivity index (χ0) is 19.9. The average Bonchev–Trinajstić information content (AvgIpc) is 2.68. The minimum Gasteiger partial charge on any atom is -0.486 e. The van der Waals surface area contributed by atoms with E-state index in [0.29, 0.717) is 31.1 Å². The Labute approximate surface area is 165 Å². The van der Waals surface area contributed by atoms with Gasteiger partial charge in [0, 0.05) is 6.07 Å². The Bertz CT molecular complexity index is 958. The number of nitrogens with zero attached hydrogens (tertiary/aromatic N) is 2. The van der Waals surface area contributed by atoms with Crippen molar-refractivity contribution in [3.63, 3.8) is 0 Å². The Hall–Kier alpha value is -3.33. The molecule has 0 unspecified atom stereocenters. The third-order valence-electron chi connectivity index (χ3n) is 3.68. The van der Waals surface area contributed by atoms with E-state index in [0.717, 1.165) is 10.5 Å². The molecule has 0 fully saturated rings. The van der Waals surface area contributed by atoms with Gasteiger partial charge in [0.05, 0.1) is 4.92 Å². The molecule has 144 valence electrons. The number of hydrogen-bond acceptors (Lipinski definition) is 7. The van der Waals surface area contributed by atoms with Crippen LogP contribution < -0.4 is 14.8 Å². The molecule has 3 rings (SSSR count). The van der Waals surface area contributed by atoms with E-state index in [9.17, 15) is 14.9 Å². The van der Waals surface area contributed by atoms with Gasteiger partial charge in [-0.2, -0.15) is 0 Å². The molecule has 0 saturated carbocycles. The molecule has 1 amide bonds. The molecule has 0 radical (unpaired) electrons. The first-order valence-corrected chi connectivity index (χ1v) is 9.16. The maximum atomic E-state index is 11.1. The number of allylic oxidation sites excluding steroid dienone is 1. The standard InChI is InChI=1S/C19H17N3O5S/c1-13(10-14-6-7-17-18(11-14)27-9-8-26-17)28-19(20-12-23)21-15-4-2-3-5-16(15)22(24)25/h2-7,10-12H,8-9H2,1H3,(H,20,21,23)/b13-10-. The van der Waals surface area contributed by atoms with Crippen LogP contribution in [0, 0.1) is 10.1 Å². The molecule has 28 heavy (non-hydrogen) atoms. The average molecular weight is 399 g/mol. The first kappa shape index (κ1) is 19.4. The molecule has 8 nitrogen and oxygen atoms in total. The van der Waals surface area contributed by atoms with Crippen LogP contribution in [0.3, 0.4) is 0 Å². The molecular formula is C19H17N3O5S. The molecule has 0 bridgehead atoms. The summed E-state index contributed by atoms with van der Waals surface area (Å²) in [4.78, 5) is 26.6. The maximum Gasteiger partial charge on any atom is 0.294 e. The van der Waals surface area contributed by atoms with Crippen LogP contribution >= 0.6 is 11.8 Å². The lowest BCUT2D eigenvalue weighted by Crippen LogP contribution is -2.17. The second-order valence-electron chi connectivity index (χ2n) is 5.69.